The zero-order valence-electron chi connectivity index (χ0n) is 12.8. The standard InChI is InChI=1S/C18H18N4O/c19-12-13-7-9-15(10-8-13)17-20-18(23-21-17)22-11-3-5-14-4-1-2-6-16(14)22/h1-2,4,6-10H,3,5,11-12,19H2. The zero-order chi connectivity index (χ0) is 15.6. The number of nitrogens with zero attached hydrogens (tertiary/aromatic N) is 3. The van der Waals surface area contributed by atoms with Crippen molar-refractivity contribution in [2.75, 3.05) is 11.4 Å². The average Bonchev–Trinajstić information content (AvgIpc) is 3.11. The van der Waals surface area contributed by atoms with E-state index in [0.717, 1.165) is 36.2 Å². The number of anilines is 2. The highest BCUT2D eigenvalue weighted by Crippen LogP contribution is 2.33. The van der Waals surface area contributed by atoms with Crippen LogP contribution in [0.5, 0.6) is 0 Å². The second kappa shape index (κ2) is 5.85. The summed E-state index contributed by atoms with van der Waals surface area (Å²) in [5.41, 5.74) is 10.1. The van der Waals surface area contributed by atoms with Crippen LogP contribution >= 0.6 is 0 Å². The molecule has 0 spiro atoms. The Morgan fingerprint density at radius 1 is 1.09 bits per heavy atom. The lowest BCUT2D eigenvalue weighted by atomic mass is 10.0. The molecule has 5 nitrogen and oxygen atoms in total. The van der Waals surface area contributed by atoms with E-state index >= 15 is 0 Å². The van der Waals surface area contributed by atoms with Gasteiger partial charge in [-0.1, -0.05) is 47.6 Å². The molecule has 4 rings (SSSR count). The maximum absolute atomic E-state index is 5.63. The third-order valence-electron chi connectivity index (χ3n) is 4.20. The van der Waals surface area contributed by atoms with Crippen molar-refractivity contribution in [3.63, 3.8) is 0 Å². The predicted molar refractivity (Wildman–Crippen MR) is 89.4 cm³/mol. The van der Waals surface area contributed by atoms with Crippen LogP contribution in [0, 0.1) is 0 Å². The van der Waals surface area contributed by atoms with Crippen LogP contribution in [0.25, 0.3) is 11.4 Å². The summed E-state index contributed by atoms with van der Waals surface area (Å²) in [7, 11) is 0. The van der Waals surface area contributed by atoms with Gasteiger partial charge in [-0.25, -0.2) is 0 Å². The van der Waals surface area contributed by atoms with Crippen molar-refractivity contribution in [1.82, 2.24) is 10.1 Å². The topological polar surface area (TPSA) is 68.2 Å². The molecule has 0 amide bonds. The van der Waals surface area contributed by atoms with Gasteiger partial charge >= 0.3 is 6.01 Å². The number of benzene rings is 2. The smallest absolute Gasteiger partial charge is 0.326 e. The van der Waals surface area contributed by atoms with Crippen molar-refractivity contribution >= 4 is 11.7 Å². The van der Waals surface area contributed by atoms with Crippen LogP contribution in [-0.2, 0) is 13.0 Å². The van der Waals surface area contributed by atoms with Gasteiger partial charge in [-0.2, -0.15) is 4.98 Å². The summed E-state index contributed by atoms with van der Waals surface area (Å²) < 4.78 is 5.51. The molecular formula is C18H18N4O. The SMILES string of the molecule is NCc1ccc(-c2noc(N3CCCc4ccccc43)n2)cc1. The van der Waals surface area contributed by atoms with Gasteiger partial charge < -0.3 is 10.3 Å². The van der Waals surface area contributed by atoms with Crippen molar-refractivity contribution in [3.05, 3.63) is 59.7 Å². The Hall–Kier alpha value is -2.66. The van der Waals surface area contributed by atoms with Gasteiger partial charge in [-0.15, -0.1) is 0 Å². The van der Waals surface area contributed by atoms with Gasteiger partial charge in [-0.05, 0) is 30.0 Å². The molecule has 23 heavy (non-hydrogen) atoms. The van der Waals surface area contributed by atoms with E-state index in [0.29, 0.717) is 18.4 Å². The van der Waals surface area contributed by atoms with Crippen molar-refractivity contribution < 1.29 is 4.52 Å². The molecule has 1 aromatic heterocycles. The molecule has 1 aliphatic rings. The molecule has 5 heteroatoms. The lowest BCUT2D eigenvalue weighted by Gasteiger charge is -2.27. The van der Waals surface area contributed by atoms with E-state index < -0.39 is 0 Å². The van der Waals surface area contributed by atoms with E-state index in [4.69, 9.17) is 10.3 Å². The molecule has 2 N–H and O–H groups in total. The molecule has 116 valence electrons. The predicted octanol–water partition coefficient (Wildman–Crippen LogP) is 3.28. The Bertz CT molecular complexity index is 810. The summed E-state index contributed by atoms with van der Waals surface area (Å²) in [5, 5.41) is 4.13. The summed E-state index contributed by atoms with van der Waals surface area (Å²) in [6.07, 6.45) is 2.17. The average molecular weight is 306 g/mol. The van der Waals surface area contributed by atoms with Gasteiger partial charge in [-0.3, -0.25) is 4.90 Å². The summed E-state index contributed by atoms with van der Waals surface area (Å²) in [6, 6.07) is 16.8. The van der Waals surface area contributed by atoms with Crippen LogP contribution in [0.4, 0.5) is 11.7 Å². The summed E-state index contributed by atoms with van der Waals surface area (Å²) in [4.78, 5) is 6.68. The number of nitrogens with two attached hydrogens (primary N) is 1. The fourth-order valence-corrected chi connectivity index (χ4v) is 2.96. The molecule has 0 fully saturated rings. The minimum Gasteiger partial charge on any atom is -0.326 e. The number of rotatable bonds is 3. The lowest BCUT2D eigenvalue weighted by Crippen LogP contribution is -2.24. The van der Waals surface area contributed by atoms with Crippen molar-refractivity contribution in [2.24, 2.45) is 5.73 Å². The van der Waals surface area contributed by atoms with Crippen LogP contribution < -0.4 is 10.6 Å². The number of hydrogen-bond acceptors (Lipinski definition) is 5. The fraction of sp³-hybridized carbons (Fsp3) is 0.222. The highest BCUT2D eigenvalue weighted by molar-refractivity contribution is 5.64. The van der Waals surface area contributed by atoms with Gasteiger partial charge in [0.15, 0.2) is 0 Å². The van der Waals surface area contributed by atoms with Crippen LogP contribution in [0.1, 0.15) is 17.5 Å². The highest BCUT2D eigenvalue weighted by Gasteiger charge is 2.22. The lowest BCUT2D eigenvalue weighted by molar-refractivity contribution is 0.420. The highest BCUT2D eigenvalue weighted by atomic mass is 16.5. The normalized spacial score (nSPS) is 13.9. The van der Waals surface area contributed by atoms with Gasteiger partial charge in [0.2, 0.25) is 5.82 Å². The number of fused-ring (bicyclic) bond motifs is 1. The third-order valence-corrected chi connectivity index (χ3v) is 4.20. The molecule has 0 atom stereocenters. The van der Waals surface area contributed by atoms with E-state index in [2.05, 4.69) is 33.2 Å². The molecule has 0 unspecified atom stereocenters. The minimum atomic E-state index is 0.530. The summed E-state index contributed by atoms with van der Waals surface area (Å²) in [6.45, 7) is 1.42. The maximum atomic E-state index is 5.63. The molecule has 0 bridgehead atoms. The second-order valence-corrected chi connectivity index (χ2v) is 5.69. The molecule has 3 aromatic rings. The first kappa shape index (κ1) is 14.0. The Labute approximate surface area is 134 Å². The van der Waals surface area contributed by atoms with Crippen LogP contribution in [0.15, 0.2) is 53.1 Å². The van der Waals surface area contributed by atoms with E-state index in [1.165, 1.54) is 5.56 Å². The van der Waals surface area contributed by atoms with Gasteiger partial charge in [0.25, 0.3) is 0 Å². The molecule has 0 radical (unpaired) electrons. The first-order valence-electron chi connectivity index (χ1n) is 7.84. The number of aromatic nitrogens is 2. The van der Waals surface area contributed by atoms with Crippen LogP contribution in [0.3, 0.4) is 0 Å². The Morgan fingerprint density at radius 2 is 1.91 bits per heavy atom. The Morgan fingerprint density at radius 3 is 2.74 bits per heavy atom. The minimum absolute atomic E-state index is 0.530. The molecule has 0 aliphatic carbocycles. The molecule has 0 saturated carbocycles. The Kier molecular flexibility index (Phi) is 3.55. The van der Waals surface area contributed by atoms with Crippen molar-refractivity contribution in [1.29, 1.82) is 0 Å². The molecule has 2 aromatic carbocycles. The third kappa shape index (κ3) is 2.59. The molecule has 0 saturated heterocycles. The van der Waals surface area contributed by atoms with E-state index in [-0.39, 0.29) is 0 Å². The number of hydrogen-bond donors (Lipinski definition) is 1. The summed E-state index contributed by atoms with van der Waals surface area (Å²) in [5.74, 6) is 0.603. The fourth-order valence-electron chi connectivity index (χ4n) is 2.96. The van der Waals surface area contributed by atoms with Gasteiger partial charge in [0.05, 0.1) is 0 Å². The molecular weight excluding hydrogens is 288 g/mol. The van der Waals surface area contributed by atoms with E-state index in [1.54, 1.807) is 0 Å². The van der Waals surface area contributed by atoms with Crippen LogP contribution in [-0.4, -0.2) is 16.7 Å². The Balaban J connectivity index is 1.66. The number of para-hydroxylation sites is 1. The molecule has 1 aliphatic heterocycles. The zero-order valence-corrected chi connectivity index (χ0v) is 12.8. The van der Waals surface area contributed by atoms with Crippen molar-refractivity contribution in [2.45, 2.75) is 19.4 Å². The number of aryl methyl sites for hydroxylation is 1. The largest absolute Gasteiger partial charge is 0.328 e. The van der Waals surface area contributed by atoms with Crippen molar-refractivity contribution in [3.8, 4) is 11.4 Å². The molecule has 2 heterocycles. The van der Waals surface area contributed by atoms with E-state index in [9.17, 15) is 0 Å². The maximum Gasteiger partial charge on any atom is 0.328 e. The second-order valence-electron chi connectivity index (χ2n) is 5.69. The van der Waals surface area contributed by atoms with Gasteiger partial charge in [0, 0.05) is 24.3 Å². The van der Waals surface area contributed by atoms with Crippen LogP contribution in [0.2, 0.25) is 0 Å². The van der Waals surface area contributed by atoms with E-state index in [1.807, 2.05) is 30.3 Å². The summed E-state index contributed by atoms with van der Waals surface area (Å²) >= 11 is 0. The first-order valence-corrected chi connectivity index (χ1v) is 7.84. The monoisotopic (exact) mass is 306 g/mol. The van der Waals surface area contributed by atoms with Gasteiger partial charge in [0.1, 0.15) is 0 Å². The first-order chi connectivity index (χ1) is 11.3. The quantitative estimate of drug-likeness (QED) is 0.804.